The summed E-state index contributed by atoms with van der Waals surface area (Å²) >= 11 is 0. The minimum absolute atomic E-state index is 0.160. The van der Waals surface area contributed by atoms with Crippen molar-refractivity contribution in [1.29, 1.82) is 0 Å². The van der Waals surface area contributed by atoms with Crippen molar-refractivity contribution < 1.29 is 24.2 Å². The standard InChI is InChI=1S/C18H17FN2O4/c19-15-3-1-14(2-4-15)12-21(17(23)11-16(22)18(24)25)10-7-13-5-8-20-9-6-13/h1-6,8-9,11,22H,7,10,12H2,(H,24,25). The van der Waals surface area contributed by atoms with Crippen molar-refractivity contribution >= 4 is 11.9 Å². The van der Waals surface area contributed by atoms with Crippen LogP contribution in [0, 0.1) is 5.82 Å². The molecule has 0 spiro atoms. The molecule has 6 nitrogen and oxygen atoms in total. The number of pyridine rings is 1. The molecule has 1 amide bonds. The van der Waals surface area contributed by atoms with Gasteiger partial charge < -0.3 is 15.1 Å². The number of carboxylic acids is 1. The Hall–Kier alpha value is -3.22. The van der Waals surface area contributed by atoms with Crippen molar-refractivity contribution in [3.05, 3.63) is 77.6 Å². The summed E-state index contributed by atoms with van der Waals surface area (Å²) in [7, 11) is 0. The van der Waals surface area contributed by atoms with Crippen molar-refractivity contribution in [1.82, 2.24) is 9.88 Å². The quantitative estimate of drug-likeness (QED) is 0.594. The largest absolute Gasteiger partial charge is 0.502 e. The molecule has 25 heavy (non-hydrogen) atoms. The average molecular weight is 344 g/mol. The molecule has 2 N–H and O–H groups in total. The Morgan fingerprint density at radius 3 is 2.28 bits per heavy atom. The molecular weight excluding hydrogens is 327 g/mol. The number of halogens is 1. The molecule has 2 aromatic rings. The molecule has 0 saturated carbocycles. The number of hydrogen-bond acceptors (Lipinski definition) is 4. The van der Waals surface area contributed by atoms with E-state index in [9.17, 15) is 19.1 Å². The number of carboxylic acid groups (broad SMARTS) is 1. The van der Waals surface area contributed by atoms with Crippen molar-refractivity contribution in [2.45, 2.75) is 13.0 Å². The lowest BCUT2D eigenvalue weighted by molar-refractivity contribution is -0.136. The second kappa shape index (κ2) is 8.58. The topological polar surface area (TPSA) is 90.7 Å². The van der Waals surface area contributed by atoms with Crippen LogP contribution < -0.4 is 0 Å². The number of benzene rings is 1. The number of carbonyl (C=O) groups is 2. The van der Waals surface area contributed by atoms with Gasteiger partial charge in [-0.1, -0.05) is 12.1 Å². The number of rotatable bonds is 7. The van der Waals surface area contributed by atoms with Crippen LogP contribution in [-0.4, -0.2) is 38.5 Å². The van der Waals surface area contributed by atoms with E-state index in [2.05, 4.69) is 4.98 Å². The van der Waals surface area contributed by atoms with E-state index in [0.29, 0.717) is 24.6 Å². The Balaban J connectivity index is 2.14. The Morgan fingerprint density at radius 2 is 1.68 bits per heavy atom. The molecule has 1 heterocycles. The van der Waals surface area contributed by atoms with Crippen LogP contribution in [0.1, 0.15) is 11.1 Å². The molecule has 0 radical (unpaired) electrons. The lowest BCUT2D eigenvalue weighted by atomic mass is 10.1. The molecule has 0 bridgehead atoms. The van der Waals surface area contributed by atoms with Crippen LogP contribution >= 0.6 is 0 Å². The van der Waals surface area contributed by atoms with Gasteiger partial charge in [-0.25, -0.2) is 9.18 Å². The molecule has 130 valence electrons. The number of amides is 1. The van der Waals surface area contributed by atoms with Gasteiger partial charge in [-0.2, -0.15) is 0 Å². The molecule has 0 saturated heterocycles. The summed E-state index contributed by atoms with van der Waals surface area (Å²) < 4.78 is 13.0. The Morgan fingerprint density at radius 1 is 1.04 bits per heavy atom. The molecule has 1 aromatic heterocycles. The first-order valence-electron chi connectivity index (χ1n) is 7.52. The number of aliphatic hydroxyl groups is 1. The second-order valence-electron chi connectivity index (χ2n) is 5.33. The summed E-state index contributed by atoms with van der Waals surface area (Å²) in [5.41, 5.74) is 1.64. The number of aromatic nitrogens is 1. The summed E-state index contributed by atoms with van der Waals surface area (Å²) in [6.07, 6.45) is 4.46. The van der Waals surface area contributed by atoms with Crippen LogP contribution in [0.25, 0.3) is 0 Å². The van der Waals surface area contributed by atoms with E-state index in [1.54, 1.807) is 24.5 Å². The lowest BCUT2D eigenvalue weighted by Crippen LogP contribution is -2.31. The average Bonchev–Trinajstić information content (AvgIpc) is 2.60. The molecule has 1 aromatic carbocycles. The van der Waals surface area contributed by atoms with E-state index in [4.69, 9.17) is 5.11 Å². The third-order valence-corrected chi connectivity index (χ3v) is 3.50. The zero-order valence-electron chi connectivity index (χ0n) is 13.3. The van der Waals surface area contributed by atoms with Crippen LogP contribution in [0.3, 0.4) is 0 Å². The van der Waals surface area contributed by atoms with Crippen molar-refractivity contribution in [3.63, 3.8) is 0 Å². The maximum atomic E-state index is 13.0. The van der Waals surface area contributed by atoms with Gasteiger partial charge in [0.1, 0.15) is 5.82 Å². The fourth-order valence-electron chi connectivity index (χ4n) is 2.16. The van der Waals surface area contributed by atoms with Gasteiger partial charge in [-0.3, -0.25) is 9.78 Å². The van der Waals surface area contributed by atoms with Gasteiger partial charge in [0.2, 0.25) is 5.76 Å². The first-order chi connectivity index (χ1) is 12.0. The van der Waals surface area contributed by atoms with Crippen molar-refractivity contribution in [3.8, 4) is 0 Å². The third kappa shape index (κ3) is 5.72. The molecule has 7 heteroatoms. The Labute approximate surface area is 143 Å². The van der Waals surface area contributed by atoms with Crippen LogP contribution in [-0.2, 0) is 22.6 Å². The highest BCUT2D eigenvalue weighted by Gasteiger charge is 2.15. The summed E-state index contributed by atoms with van der Waals surface area (Å²) in [5, 5.41) is 18.0. The monoisotopic (exact) mass is 344 g/mol. The fraction of sp³-hybridized carbons (Fsp3) is 0.167. The van der Waals surface area contributed by atoms with E-state index in [1.807, 2.05) is 12.1 Å². The summed E-state index contributed by atoms with van der Waals surface area (Å²) in [6, 6.07) is 9.28. The highest BCUT2D eigenvalue weighted by molar-refractivity contribution is 5.96. The summed E-state index contributed by atoms with van der Waals surface area (Å²) in [5.74, 6) is -3.64. The fourth-order valence-corrected chi connectivity index (χ4v) is 2.16. The summed E-state index contributed by atoms with van der Waals surface area (Å²) in [6.45, 7) is 0.456. The normalized spacial score (nSPS) is 11.2. The Kier molecular flexibility index (Phi) is 6.22. The highest BCUT2D eigenvalue weighted by atomic mass is 19.1. The van der Waals surface area contributed by atoms with E-state index in [0.717, 1.165) is 5.56 Å². The van der Waals surface area contributed by atoms with E-state index < -0.39 is 17.6 Å². The number of nitrogens with zero attached hydrogens (tertiary/aromatic N) is 2. The molecule has 0 aliphatic carbocycles. The van der Waals surface area contributed by atoms with Gasteiger partial charge in [-0.15, -0.1) is 0 Å². The molecule has 0 fully saturated rings. The van der Waals surface area contributed by atoms with E-state index in [1.165, 1.54) is 17.0 Å². The lowest BCUT2D eigenvalue weighted by Gasteiger charge is -2.21. The van der Waals surface area contributed by atoms with E-state index in [-0.39, 0.29) is 12.4 Å². The predicted octanol–water partition coefficient (Wildman–Crippen LogP) is 2.32. The number of carbonyl (C=O) groups excluding carboxylic acids is 1. The zero-order valence-corrected chi connectivity index (χ0v) is 13.3. The van der Waals surface area contributed by atoms with Crippen molar-refractivity contribution in [2.75, 3.05) is 6.54 Å². The molecule has 2 rings (SSSR count). The molecule has 0 aliphatic rings. The first-order valence-corrected chi connectivity index (χ1v) is 7.52. The number of aliphatic carboxylic acids is 1. The molecule has 0 unspecified atom stereocenters. The summed E-state index contributed by atoms with van der Waals surface area (Å²) in [4.78, 5) is 28.3. The number of hydrogen-bond donors (Lipinski definition) is 2. The van der Waals surface area contributed by atoms with Crippen LogP contribution in [0.4, 0.5) is 4.39 Å². The number of aliphatic hydroxyl groups excluding tert-OH is 1. The van der Waals surface area contributed by atoms with Gasteiger partial charge in [0, 0.05) is 25.5 Å². The molecular formula is C18H17FN2O4. The van der Waals surface area contributed by atoms with E-state index >= 15 is 0 Å². The Bertz CT molecular complexity index is 760. The minimum atomic E-state index is -1.58. The second-order valence-corrected chi connectivity index (χ2v) is 5.33. The van der Waals surface area contributed by atoms with Gasteiger partial charge in [-0.05, 0) is 41.8 Å². The highest BCUT2D eigenvalue weighted by Crippen LogP contribution is 2.10. The predicted molar refractivity (Wildman–Crippen MR) is 88.1 cm³/mol. The third-order valence-electron chi connectivity index (χ3n) is 3.50. The first kappa shape index (κ1) is 18.1. The van der Waals surface area contributed by atoms with Gasteiger partial charge in [0.15, 0.2) is 0 Å². The maximum Gasteiger partial charge on any atom is 0.371 e. The zero-order chi connectivity index (χ0) is 18.2. The van der Waals surface area contributed by atoms with Crippen LogP contribution in [0.2, 0.25) is 0 Å². The molecule has 0 aliphatic heterocycles. The van der Waals surface area contributed by atoms with Crippen LogP contribution in [0.5, 0.6) is 0 Å². The van der Waals surface area contributed by atoms with Gasteiger partial charge in [0.25, 0.3) is 5.91 Å². The maximum absolute atomic E-state index is 13.0. The van der Waals surface area contributed by atoms with Crippen LogP contribution in [0.15, 0.2) is 60.6 Å². The van der Waals surface area contributed by atoms with Gasteiger partial charge in [0.05, 0.1) is 6.08 Å². The van der Waals surface area contributed by atoms with Gasteiger partial charge >= 0.3 is 5.97 Å². The SMILES string of the molecule is O=C(O)C(O)=CC(=O)N(CCc1ccncc1)Cc1ccc(F)cc1. The minimum Gasteiger partial charge on any atom is -0.502 e. The smallest absolute Gasteiger partial charge is 0.371 e. The molecule has 0 atom stereocenters. The van der Waals surface area contributed by atoms with Crippen molar-refractivity contribution in [2.24, 2.45) is 0 Å².